The van der Waals surface area contributed by atoms with Crippen LogP contribution in [0.15, 0.2) is 17.6 Å². The maximum Gasteiger partial charge on any atom is 0.311 e. The first kappa shape index (κ1) is 24.3. The lowest BCUT2D eigenvalue weighted by atomic mass is 10.0. The van der Waals surface area contributed by atoms with Crippen molar-refractivity contribution in [1.82, 2.24) is 15.0 Å². The third kappa shape index (κ3) is 6.56. The third-order valence-electron chi connectivity index (χ3n) is 5.27. The summed E-state index contributed by atoms with van der Waals surface area (Å²) in [5.74, 6) is -0.638. The number of aryl methyl sites for hydroxylation is 2. The fourth-order valence-corrected chi connectivity index (χ4v) is 4.73. The number of hydrogen-bond donors (Lipinski definition) is 1. The monoisotopic (exact) mass is 479 g/mol. The Bertz CT molecular complexity index is 968. The van der Waals surface area contributed by atoms with Gasteiger partial charge in [-0.25, -0.2) is 4.98 Å². The number of ether oxygens (including phenoxy) is 2. The van der Waals surface area contributed by atoms with Gasteiger partial charge in [-0.15, -0.1) is 0 Å². The van der Waals surface area contributed by atoms with Gasteiger partial charge in [-0.3, -0.25) is 14.6 Å². The van der Waals surface area contributed by atoms with Crippen molar-refractivity contribution < 1.29 is 24.2 Å². The lowest BCUT2D eigenvalue weighted by Gasteiger charge is -2.14. The first-order valence-corrected chi connectivity index (χ1v) is 11.8. The molecule has 0 saturated carbocycles. The van der Waals surface area contributed by atoms with E-state index >= 15 is 0 Å². The van der Waals surface area contributed by atoms with E-state index in [1.807, 2.05) is 6.92 Å². The molecular weight excluding hydrogens is 454 g/mol. The fourth-order valence-electron chi connectivity index (χ4n) is 3.40. The van der Waals surface area contributed by atoms with Crippen molar-refractivity contribution in [1.29, 1.82) is 0 Å². The van der Waals surface area contributed by atoms with Crippen molar-refractivity contribution in [2.24, 2.45) is 5.92 Å². The van der Waals surface area contributed by atoms with Crippen molar-refractivity contribution >= 4 is 35.3 Å². The number of carbonyl (C=O) groups excluding carboxylic acids is 1. The number of nitrogens with zero attached hydrogens (tertiary/aromatic N) is 3. The van der Waals surface area contributed by atoms with Crippen LogP contribution in [-0.4, -0.2) is 38.8 Å². The standard InChI is InChI=1S/C22H26ClN3O5S/c1-13(5-3-8-19(27)28)21(29)31-12-30-20-15-6-4-7-18(15)25-22(26-20)32-11-16-14(2)9-24-10-17(16)23/h9-10,13H,3-8,11-12H2,1-2H3,(H,27,28). The van der Waals surface area contributed by atoms with Gasteiger partial charge in [0, 0.05) is 30.1 Å². The Morgan fingerprint density at radius 2 is 2.09 bits per heavy atom. The Kier molecular flexibility index (Phi) is 8.69. The zero-order chi connectivity index (χ0) is 23.1. The number of carboxylic acids is 1. The normalized spacial score (nSPS) is 13.5. The van der Waals surface area contributed by atoms with E-state index in [1.165, 1.54) is 11.8 Å². The molecule has 172 valence electrons. The fraction of sp³-hybridized carbons (Fsp3) is 0.500. The summed E-state index contributed by atoms with van der Waals surface area (Å²) in [7, 11) is 0. The predicted molar refractivity (Wildman–Crippen MR) is 120 cm³/mol. The molecule has 2 heterocycles. The first-order chi connectivity index (χ1) is 15.3. The van der Waals surface area contributed by atoms with Crippen molar-refractivity contribution in [2.75, 3.05) is 6.79 Å². The number of aromatic nitrogens is 3. The van der Waals surface area contributed by atoms with E-state index in [2.05, 4.69) is 15.0 Å². The van der Waals surface area contributed by atoms with Gasteiger partial charge in [0.15, 0.2) is 5.16 Å². The summed E-state index contributed by atoms with van der Waals surface area (Å²) in [5.41, 5.74) is 3.91. The molecule has 0 aliphatic heterocycles. The van der Waals surface area contributed by atoms with Crippen LogP contribution in [0.25, 0.3) is 0 Å². The minimum atomic E-state index is -0.874. The SMILES string of the molecule is Cc1cncc(Cl)c1CSc1nc2c(c(OCOC(=O)C(C)CCCC(=O)O)n1)CCC2. The third-order valence-corrected chi connectivity index (χ3v) is 6.47. The minimum absolute atomic E-state index is 0.0336. The topological polar surface area (TPSA) is 112 Å². The van der Waals surface area contributed by atoms with E-state index in [-0.39, 0.29) is 13.2 Å². The molecule has 10 heteroatoms. The van der Waals surface area contributed by atoms with Gasteiger partial charge >= 0.3 is 11.9 Å². The van der Waals surface area contributed by atoms with Gasteiger partial charge in [0.05, 0.1) is 16.6 Å². The predicted octanol–water partition coefficient (Wildman–Crippen LogP) is 4.38. The molecule has 0 amide bonds. The molecule has 1 N–H and O–H groups in total. The molecule has 0 bridgehead atoms. The number of aliphatic carboxylic acids is 1. The number of halogens is 1. The lowest BCUT2D eigenvalue weighted by molar-refractivity contribution is -0.155. The molecule has 2 aromatic rings. The summed E-state index contributed by atoms with van der Waals surface area (Å²) in [4.78, 5) is 36.0. The van der Waals surface area contributed by atoms with Crippen LogP contribution in [0.2, 0.25) is 5.02 Å². The molecule has 0 radical (unpaired) electrons. The van der Waals surface area contributed by atoms with Gasteiger partial charge in [-0.05, 0) is 50.2 Å². The second-order valence-electron chi connectivity index (χ2n) is 7.71. The Morgan fingerprint density at radius 3 is 2.84 bits per heavy atom. The summed E-state index contributed by atoms with van der Waals surface area (Å²) < 4.78 is 10.9. The van der Waals surface area contributed by atoms with Crippen LogP contribution in [0.4, 0.5) is 0 Å². The summed E-state index contributed by atoms with van der Waals surface area (Å²) in [6.07, 6.45) is 6.97. The molecular formula is C22H26ClN3O5S. The molecule has 1 aliphatic rings. The number of esters is 1. The van der Waals surface area contributed by atoms with E-state index in [4.69, 9.17) is 26.2 Å². The average Bonchev–Trinajstić information content (AvgIpc) is 3.22. The maximum atomic E-state index is 12.1. The van der Waals surface area contributed by atoms with Crippen LogP contribution >= 0.6 is 23.4 Å². The quantitative estimate of drug-likeness (QED) is 0.217. The Balaban J connectivity index is 1.59. The highest BCUT2D eigenvalue weighted by Crippen LogP contribution is 2.32. The van der Waals surface area contributed by atoms with Crippen LogP contribution in [0.3, 0.4) is 0 Å². The number of pyridine rings is 1. The highest BCUT2D eigenvalue weighted by molar-refractivity contribution is 7.98. The maximum absolute atomic E-state index is 12.1. The highest BCUT2D eigenvalue weighted by atomic mass is 35.5. The minimum Gasteiger partial charge on any atom is -0.481 e. The molecule has 1 aliphatic carbocycles. The van der Waals surface area contributed by atoms with E-state index in [0.717, 1.165) is 41.6 Å². The highest BCUT2D eigenvalue weighted by Gasteiger charge is 2.22. The molecule has 0 fully saturated rings. The van der Waals surface area contributed by atoms with Crippen LogP contribution in [0.5, 0.6) is 5.88 Å². The van der Waals surface area contributed by atoms with Gasteiger partial charge < -0.3 is 14.6 Å². The summed E-state index contributed by atoms with van der Waals surface area (Å²) in [6.45, 7) is 3.43. The van der Waals surface area contributed by atoms with Crippen LogP contribution < -0.4 is 4.74 Å². The van der Waals surface area contributed by atoms with Gasteiger partial charge in [0.2, 0.25) is 12.7 Å². The Labute approximate surface area is 196 Å². The smallest absolute Gasteiger partial charge is 0.311 e. The van der Waals surface area contributed by atoms with E-state index in [0.29, 0.717) is 34.7 Å². The summed E-state index contributed by atoms with van der Waals surface area (Å²) in [6, 6.07) is 0. The van der Waals surface area contributed by atoms with Crippen LogP contribution in [0.1, 0.15) is 55.0 Å². The van der Waals surface area contributed by atoms with E-state index in [1.54, 1.807) is 19.3 Å². The molecule has 1 unspecified atom stereocenters. The van der Waals surface area contributed by atoms with E-state index in [9.17, 15) is 9.59 Å². The molecule has 1 atom stereocenters. The second kappa shape index (κ2) is 11.5. The van der Waals surface area contributed by atoms with Crippen molar-refractivity contribution in [3.05, 3.63) is 39.8 Å². The number of carbonyl (C=O) groups is 2. The average molecular weight is 480 g/mol. The molecule has 0 spiro atoms. The second-order valence-corrected chi connectivity index (χ2v) is 9.06. The molecule has 0 saturated heterocycles. The Hall–Kier alpha value is -2.39. The number of carboxylic acid groups (broad SMARTS) is 1. The van der Waals surface area contributed by atoms with Gasteiger partial charge in [0.1, 0.15) is 0 Å². The van der Waals surface area contributed by atoms with Gasteiger partial charge in [0.25, 0.3) is 0 Å². The van der Waals surface area contributed by atoms with Crippen LogP contribution in [-0.2, 0) is 32.9 Å². The molecule has 8 nitrogen and oxygen atoms in total. The molecule has 3 rings (SSSR count). The number of thioether (sulfide) groups is 1. The summed E-state index contributed by atoms with van der Waals surface area (Å²) in [5, 5.41) is 9.90. The van der Waals surface area contributed by atoms with Crippen molar-refractivity contribution in [2.45, 2.75) is 63.3 Å². The first-order valence-electron chi connectivity index (χ1n) is 10.5. The van der Waals surface area contributed by atoms with Gasteiger partial charge in [-0.2, -0.15) is 4.98 Å². The van der Waals surface area contributed by atoms with Crippen LogP contribution in [0, 0.1) is 12.8 Å². The van der Waals surface area contributed by atoms with Crippen molar-refractivity contribution in [3.63, 3.8) is 0 Å². The zero-order valence-corrected chi connectivity index (χ0v) is 19.7. The van der Waals surface area contributed by atoms with E-state index < -0.39 is 17.9 Å². The molecule has 32 heavy (non-hydrogen) atoms. The summed E-state index contributed by atoms with van der Waals surface area (Å²) >= 11 is 7.74. The molecule has 2 aromatic heterocycles. The number of fused-ring (bicyclic) bond motifs is 1. The molecule has 0 aromatic carbocycles. The zero-order valence-electron chi connectivity index (χ0n) is 18.1. The largest absolute Gasteiger partial charge is 0.481 e. The Morgan fingerprint density at radius 1 is 1.28 bits per heavy atom. The number of rotatable bonds is 11. The van der Waals surface area contributed by atoms with Crippen molar-refractivity contribution in [3.8, 4) is 5.88 Å². The van der Waals surface area contributed by atoms with Gasteiger partial charge in [-0.1, -0.05) is 30.3 Å². The number of hydrogen-bond acceptors (Lipinski definition) is 8. The lowest BCUT2D eigenvalue weighted by Crippen LogP contribution is -2.18.